The maximum Gasteiger partial charge on any atom is -0.00941 e. The summed E-state index contributed by atoms with van der Waals surface area (Å²) in [6.45, 7) is 4.61. The Bertz CT molecular complexity index is 656. The van der Waals surface area contributed by atoms with E-state index in [0.717, 1.165) is 0 Å². The molecule has 0 atom stereocenters. The third-order valence-electron chi connectivity index (χ3n) is 5.13. The van der Waals surface area contributed by atoms with Crippen LogP contribution in [-0.4, -0.2) is 12.3 Å². The maximum absolute atomic E-state index is 2.67. The van der Waals surface area contributed by atoms with Gasteiger partial charge in [-0.05, 0) is 53.0 Å². The average Bonchev–Trinajstić information content (AvgIpc) is 2.96. The molecule has 25 heavy (non-hydrogen) atoms. The summed E-state index contributed by atoms with van der Waals surface area (Å²) in [7, 11) is -0.00585. The molecule has 0 saturated carbocycles. The molecule has 0 spiro atoms. The summed E-state index contributed by atoms with van der Waals surface area (Å²) in [5.74, 6) is 2.67. The number of fused-ring (bicyclic) bond motifs is 3. The van der Waals surface area contributed by atoms with Crippen LogP contribution in [0.5, 0.6) is 0 Å². The van der Waals surface area contributed by atoms with Crippen molar-refractivity contribution < 1.29 is 0 Å². The lowest BCUT2D eigenvalue weighted by Gasteiger charge is -2.15. The summed E-state index contributed by atoms with van der Waals surface area (Å²) in [4.78, 5) is 0. The molecule has 0 nitrogen and oxygen atoms in total. The van der Waals surface area contributed by atoms with Gasteiger partial charge in [-0.15, -0.1) is 0 Å². The van der Waals surface area contributed by atoms with Crippen LogP contribution in [0.1, 0.15) is 63.5 Å². The third kappa shape index (κ3) is 4.42. The molecule has 0 unspecified atom stereocenters. The first-order valence-electron chi connectivity index (χ1n) is 10.00. The fourth-order valence-corrected chi connectivity index (χ4v) is 6.13. The molecular formula is C24H31P. The van der Waals surface area contributed by atoms with E-state index in [9.17, 15) is 0 Å². The zero-order valence-electron chi connectivity index (χ0n) is 15.8. The van der Waals surface area contributed by atoms with Crippen molar-refractivity contribution in [2.45, 2.75) is 52.4 Å². The topological polar surface area (TPSA) is 0 Å². The van der Waals surface area contributed by atoms with Gasteiger partial charge in [0.25, 0.3) is 0 Å². The third-order valence-corrected chi connectivity index (χ3v) is 7.54. The first-order valence-corrected chi connectivity index (χ1v) is 11.8. The molecule has 1 heteroatoms. The highest BCUT2D eigenvalue weighted by Crippen LogP contribution is 2.50. The highest BCUT2D eigenvalue weighted by molar-refractivity contribution is 7.61. The van der Waals surface area contributed by atoms with E-state index in [1.807, 2.05) is 0 Å². The van der Waals surface area contributed by atoms with Gasteiger partial charge in [0.1, 0.15) is 0 Å². The van der Waals surface area contributed by atoms with Crippen LogP contribution in [0.15, 0.2) is 54.3 Å². The maximum atomic E-state index is 2.67. The SMILES string of the molecule is CCCCCP(C=C1c2ccccc2-c2ccccc21)CCCCC. The number of benzene rings is 2. The minimum absolute atomic E-state index is 0.00585. The van der Waals surface area contributed by atoms with Gasteiger partial charge in [-0.2, -0.15) is 0 Å². The van der Waals surface area contributed by atoms with Crippen molar-refractivity contribution in [3.8, 4) is 11.1 Å². The molecule has 0 heterocycles. The monoisotopic (exact) mass is 350 g/mol. The van der Waals surface area contributed by atoms with Crippen LogP contribution in [0.25, 0.3) is 16.7 Å². The van der Waals surface area contributed by atoms with Crippen LogP contribution in [0.4, 0.5) is 0 Å². The van der Waals surface area contributed by atoms with Crippen molar-refractivity contribution >= 4 is 13.5 Å². The van der Waals surface area contributed by atoms with Crippen molar-refractivity contribution in [3.05, 3.63) is 65.5 Å². The van der Waals surface area contributed by atoms with E-state index in [2.05, 4.69) is 68.2 Å². The Labute approximate surface area is 155 Å². The van der Waals surface area contributed by atoms with Crippen LogP contribution in [0.2, 0.25) is 0 Å². The van der Waals surface area contributed by atoms with E-state index >= 15 is 0 Å². The van der Waals surface area contributed by atoms with Crippen LogP contribution >= 0.6 is 7.92 Å². The lowest BCUT2D eigenvalue weighted by atomic mass is 10.1. The van der Waals surface area contributed by atoms with Crippen LogP contribution < -0.4 is 0 Å². The first kappa shape index (κ1) is 18.4. The molecule has 2 aromatic rings. The van der Waals surface area contributed by atoms with Gasteiger partial charge in [0.05, 0.1) is 0 Å². The number of unbranched alkanes of at least 4 members (excludes halogenated alkanes) is 4. The van der Waals surface area contributed by atoms with Gasteiger partial charge < -0.3 is 0 Å². The van der Waals surface area contributed by atoms with Crippen molar-refractivity contribution in [3.63, 3.8) is 0 Å². The highest BCUT2D eigenvalue weighted by Gasteiger charge is 2.23. The van der Waals surface area contributed by atoms with Gasteiger partial charge in [-0.3, -0.25) is 0 Å². The molecule has 0 aromatic heterocycles. The molecule has 0 N–H and O–H groups in total. The molecule has 2 aromatic carbocycles. The standard InChI is InChI=1S/C24H31P/c1-3-5-11-17-25(18-12-6-4-2)19-24-22-15-9-7-13-20(22)21-14-8-10-16-23(21)24/h7-10,13-16,19H,3-6,11-12,17-18H2,1-2H3. The molecule has 0 bridgehead atoms. The molecule has 0 radical (unpaired) electrons. The molecule has 0 amide bonds. The molecule has 0 saturated heterocycles. The highest BCUT2D eigenvalue weighted by atomic mass is 31.1. The summed E-state index contributed by atoms with van der Waals surface area (Å²) in [5, 5.41) is 0. The van der Waals surface area contributed by atoms with E-state index in [4.69, 9.17) is 0 Å². The molecule has 3 rings (SSSR count). The van der Waals surface area contributed by atoms with Gasteiger partial charge in [0, 0.05) is 0 Å². The smallest absolute Gasteiger partial charge is 0.00941 e. The fourth-order valence-electron chi connectivity index (χ4n) is 3.74. The van der Waals surface area contributed by atoms with Gasteiger partial charge >= 0.3 is 0 Å². The van der Waals surface area contributed by atoms with E-state index in [0.29, 0.717) is 0 Å². The zero-order valence-corrected chi connectivity index (χ0v) is 16.7. The Morgan fingerprint density at radius 3 is 1.52 bits per heavy atom. The summed E-state index contributed by atoms with van der Waals surface area (Å²) in [6, 6.07) is 17.9. The molecule has 1 aliphatic rings. The summed E-state index contributed by atoms with van der Waals surface area (Å²) < 4.78 is 0. The Morgan fingerprint density at radius 1 is 0.640 bits per heavy atom. The van der Waals surface area contributed by atoms with E-state index in [1.165, 1.54) is 78.7 Å². The second-order valence-electron chi connectivity index (χ2n) is 7.08. The van der Waals surface area contributed by atoms with Crippen molar-refractivity contribution in [1.82, 2.24) is 0 Å². The van der Waals surface area contributed by atoms with Crippen LogP contribution in [0.3, 0.4) is 0 Å². The quantitative estimate of drug-likeness (QED) is 0.271. The Kier molecular flexibility index (Phi) is 6.88. The second kappa shape index (κ2) is 9.35. The lowest BCUT2D eigenvalue weighted by molar-refractivity contribution is 0.763. The van der Waals surface area contributed by atoms with Gasteiger partial charge in [-0.1, -0.05) is 102 Å². The van der Waals surface area contributed by atoms with Gasteiger partial charge in [0.2, 0.25) is 0 Å². The Balaban J connectivity index is 1.90. The zero-order chi connectivity index (χ0) is 17.5. The average molecular weight is 350 g/mol. The van der Waals surface area contributed by atoms with Crippen LogP contribution in [-0.2, 0) is 0 Å². The Morgan fingerprint density at radius 2 is 1.08 bits per heavy atom. The minimum Gasteiger partial charge on any atom is -0.0826 e. The number of hydrogen-bond donors (Lipinski definition) is 0. The summed E-state index contributed by atoms with van der Waals surface area (Å²) in [6.07, 6.45) is 11.0. The molecule has 132 valence electrons. The van der Waals surface area contributed by atoms with Gasteiger partial charge in [0.15, 0.2) is 0 Å². The van der Waals surface area contributed by atoms with Crippen molar-refractivity contribution in [1.29, 1.82) is 0 Å². The number of hydrogen-bond acceptors (Lipinski definition) is 0. The number of rotatable bonds is 9. The lowest BCUT2D eigenvalue weighted by Crippen LogP contribution is -1.91. The largest absolute Gasteiger partial charge is 0.0826 e. The first-order chi connectivity index (χ1) is 12.3. The summed E-state index contributed by atoms with van der Waals surface area (Å²) in [5.41, 5.74) is 7.23. The molecule has 0 aliphatic heterocycles. The molecule has 0 fully saturated rings. The Hall–Kier alpha value is -1.39. The normalized spacial score (nSPS) is 12.4. The second-order valence-corrected chi connectivity index (χ2v) is 9.41. The van der Waals surface area contributed by atoms with Crippen LogP contribution in [0, 0.1) is 0 Å². The predicted molar refractivity (Wildman–Crippen MR) is 115 cm³/mol. The van der Waals surface area contributed by atoms with Crippen molar-refractivity contribution in [2.75, 3.05) is 12.3 Å². The predicted octanol–water partition coefficient (Wildman–Crippen LogP) is 7.92. The summed E-state index contributed by atoms with van der Waals surface area (Å²) >= 11 is 0. The van der Waals surface area contributed by atoms with Gasteiger partial charge in [-0.25, -0.2) is 0 Å². The molecule has 1 aliphatic carbocycles. The van der Waals surface area contributed by atoms with E-state index in [1.54, 1.807) is 0 Å². The van der Waals surface area contributed by atoms with Crippen molar-refractivity contribution in [2.24, 2.45) is 0 Å². The molecular weight excluding hydrogens is 319 g/mol. The fraction of sp³-hybridized carbons (Fsp3) is 0.417. The van der Waals surface area contributed by atoms with E-state index < -0.39 is 0 Å². The van der Waals surface area contributed by atoms with E-state index in [-0.39, 0.29) is 7.92 Å². The minimum atomic E-state index is -0.00585.